The molecular weight excluding hydrogens is 206 g/mol. The molecule has 1 aromatic carbocycles. The Morgan fingerprint density at radius 2 is 2.14 bits per heavy atom. The first-order valence-electron chi connectivity index (χ1n) is 3.68. The Bertz CT molecular complexity index is 587. The minimum absolute atomic E-state index is 0.229. The fourth-order valence-electron chi connectivity index (χ4n) is 1.21. The predicted molar refractivity (Wildman–Crippen MR) is 50.3 cm³/mol. The number of hydrogen-bond acceptors (Lipinski definition) is 4. The lowest BCUT2D eigenvalue weighted by atomic mass is 10.2. The van der Waals surface area contributed by atoms with E-state index in [-0.39, 0.29) is 10.6 Å². The highest BCUT2D eigenvalue weighted by Crippen LogP contribution is 2.23. The monoisotopic (exact) mass is 213 g/mol. The van der Waals surface area contributed by atoms with E-state index in [1.165, 1.54) is 18.3 Å². The molecule has 0 bridgehead atoms. The van der Waals surface area contributed by atoms with E-state index in [4.69, 9.17) is 10.3 Å². The SMILES string of the molecule is Nc1cc(S(=O)(=O)O)cc2cn[nH]c12. The second-order valence-electron chi connectivity index (χ2n) is 2.82. The van der Waals surface area contributed by atoms with Crippen molar-refractivity contribution < 1.29 is 13.0 Å². The smallest absolute Gasteiger partial charge is 0.294 e. The summed E-state index contributed by atoms with van der Waals surface area (Å²) >= 11 is 0. The van der Waals surface area contributed by atoms with Crippen molar-refractivity contribution >= 4 is 26.7 Å². The van der Waals surface area contributed by atoms with Crippen molar-refractivity contribution in [1.82, 2.24) is 10.2 Å². The summed E-state index contributed by atoms with van der Waals surface area (Å²) in [6.07, 6.45) is 1.43. The molecule has 0 fully saturated rings. The maximum absolute atomic E-state index is 10.8. The Morgan fingerprint density at radius 3 is 2.79 bits per heavy atom. The standard InChI is InChI=1S/C7H7N3O3S/c8-6-2-5(14(11,12)13)1-4-3-9-10-7(4)6/h1-3H,8H2,(H,9,10)(H,11,12,13). The van der Waals surface area contributed by atoms with Gasteiger partial charge in [-0.1, -0.05) is 0 Å². The minimum atomic E-state index is -4.22. The van der Waals surface area contributed by atoms with Crippen molar-refractivity contribution in [3.8, 4) is 0 Å². The fraction of sp³-hybridized carbons (Fsp3) is 0. The second kappa shape index (κ2) is 2.69. The fourth-order valence-corrected chi connectivity index (χ4v) is 1.76. The van der Waals surface area contributed by atoms with E-state index in [2.05, 4.69) is 10.2 Å². The van der Waals surface area contributed by atoms with Crippen molar-refractivity contribution in [3.05, 3.63) is 18.3 Å². The summed E-state index contributed by atoms with van der Waals surface area (Å²) in [6, 6.07) is 2.47. The normalized spacial score (nSPS) is 12.1. The first-order chi connectivity index (χ1) is 6.48. The van der Waals surface area contributed by atoms with Crippen LogP contribution < -0.4 is 5.73 Å². The quantitative estimate of drug-likeness (QED) is 0.469. The molecule has 1 aromatic heterocycles. The molecular formula is C7H7N3O3S. The molecule has 1 heterocycles. The number of benzene rings is 1. The molecule has 6 nitrogen and oxygen atoms in total. The zero-order valence-corrected chi connectivity index (χ0v) is 7.75. The summed E-state index contributed by atoms with van der Waals surface area (Å²) in [7, 11) is -4.22. The number of rotatable bonds is 1. The second-order valence-corrected chi connectivity index (χ2v) is 4.24. The van der Waals surface area contributed by atoms with Gasteiger partial charge in [0.1, 0.15) is 0 Å². The summed E-state index contributed by atoms with van der Waals surface area (Å²) in [4.78, 5) is -0.232. The van der Waals surface area contributed by atoms with Gasteiger partial charge < -0.3 is 5.73 Å². The highest BCUT2D eigenvalue weighted by atomic mass is 32.2. The highest BCUT2D eigenvalue weighted by Gasteiger charge is 2.12. The van der Waals surface area contributed by atoms with E-state index in [9.17, 15) is 8.42 Å². The lowest BCUT2D eigenvalue weighted by Crippen LogP contribution is -1.99. The van der Waals surface area contributed by atoms with Crippen LogP contribution in [0, 0.1) is 0 Å². The largest absolute Gasteiger partial charge is 0.397 e. The molecule has 4 N–H and O–H groups in total. The van der Waals surface area contributed by atoms with Crippen LogP contribution in [-0.2, 0) is 10.1 Å². The Labute approximate surface area is 79.5 Å². The third-order valence-electron chi connectivity index (χ3n) is 1.85. The molecule has 0 spiro atoms. The summed E-state index contributed by atoms with van der Waals surface area (Å²) in [6.45, 7) is 0. The Morgan fingerprint density at radius 1 is 1.43 bits per heavy atom. The lowest BCUT2D eigenvalue weighted by molar-refractivity contribution is 0.483. The van der Waals surface area contributed by atoms with E-state index < -0.39 is 10.1 Å². The Balaban J connectivity index is 2.83. The highest BCUT2D eigenvalue weighted by molar-refractivity contribution is 7.85. The first-order valence-corrected chi connectivity index (χ1v) is 5.12. The van der Waals surface area contributed by atoms with Crippen LogP contribution in [0.4, 0.5) is 5.69 Å². The van der Waals surface area contributed by atoms with Gasteiger partial charge >= 0.3 is 0 Å². The molecule has 0 saturated heterocycles. The third-order valence-corrected chi connectivity index (χ3v) is 2.68. The van der Waals surface area contributed by atoms with Crippen molar-refractivity contribution in [2.75, 3.05) is 5.73 Å². The van der Waals surface area contributed by atoms with Crippen LogP contribution in [-0.4, -0.2) is 23.2 Å². The molecule has 0 aliphatic heterocycles. The van der Waals surface area contributed by atoms with Crippen molar-refractivity contribution in [2.24, 2.45) is 0 Å². The number of aromatic amines is 1. The molecule has 0 saturated carbocycles. The van der Waals surface area contributed by atoms with Gasteiger partial charge in [0.25, 0.3) is 10.1 Å². The van der Waals surface area contributed by atoms with E-state index >= 15 is 0 Å². The molecule has 0 aliphatic carbocycles. The van der Waals surface area contributed by atoms with Crippen molar-refractivity contribution in [3.63, 3.8) is 0 Å². The van der Waals surface area contributed by atoms with Gasteiger partial charge in [-0.05, 0) is 12.1 Å². The Hall–Kier alpha value is -1.60. The van der Waals surface area contributed by atoms with Crippen molar-refractivity contribution in [2.45, 2.75) is 4.90 Å². The summed E-state index contributed by atoms with van der Waals surface area (Å²) in [5.41, 5.74) is 6.33. The molecule has 0 aliphatic rings. The van der Waals surface area contributed by atoms with Crippen LogP contribution in [0.2, 0.25) is 0 Å². The molecule has 0 radical (unpaired) electrons. The number of nitrogen functional groups attached to an aromatic ring is 1. The molecule has 14 heavy (non-hydrogen) atoms. The minimum Gasteiger partial charge on any atom is -0.397 e. The average molecular weight is 213 g/mol. The third kappa shape index (κ3) is 1.32. The number of anilines is 1. The van der Waals surface area contributed by atoms with Gasteiger partial charge in [0.2, 0.25) is 0 Å². The van der Waals surface area contributed by atoms with Crippen molar-refractivity contribution in [1.29, 1.82) is 0 Å². The van der Waals surface area contributed by atoms with E-state index in [1.807, 2.05) is 0 Å². The summed E-state index contributed by atoms with van der Waals surface area (Å²) < 4.78 is 30.4. The maximum Gasteiger partial charge on any atom is 0.294 e. The zero-order valence-electron chi connectivity index (χ0n) is 6.93. The molecule has 74 valence electrons. The van der Waals surface area contributed by atoms with Crippen LogP contribution in [0.5, 0.6) is 0 Å². The van der Waals surface area contributed by atoms with Crippen LogP contribution in [0.25, 0.3) is 10.9 Å². The zero-order chi connectivity index (χ0) is 10.3. The number of nitrogens with zero attached hydrogens (tertiary/aromatic N) is 1. The van der Waals surface area contributed by atoms with Gasteiger partial charge in [-0.3, -0.25) is 9.65 Å². The number of fused-ring (bicyclic) bond motifs is 1. The Kier molecular flexibility index (Phi) is 1.73. The van der Waals surface area contributed by atoms with Gasteiger partial charge in [0.15, 0.2) is 0 Å². The van der Waals surface area contributed by atoms with Crippen LogP contribution in [0.3, 0.4) is 0 Å². The summed E-state index contributed by atoms with van der Waals surface area (Å²) in [5, 5.41) is 6.86. The lowest BCUT2D eigenvalue weighted by Gasteiger charge is -1.99. The van der Waals surface area contributed by atoms with E-state index in [0.29, 0.717) is 10.9 Å². The molecule has 0 unspecified atom stereocenters. The molecule has 2 aromatic rings. The van der Waals surface area contributed by atoms with Gasteiger partial charge in [-0.25, -0.2) is 0 Å². The van der Waals surface area contributed by atoms with Gasteiger partial charge in [0.05, 0.1) is 22.3 Å². The number of aromatic nitrogens is 2. The van der Waals surface area contributed by atoms with E-state index in [0.717, 1.165) is 0 Å². The van der Waals surface area contributed by atoms with Crippen LogP contribution in [0.1, 0.15) is 0 Å². The van der Waals surface area contributed by atoms with Crippen LogP contribution >= 0.6 is 0 Å². The number of nitrogens with two attached hydrogens (primary N) is 1. The maximum atomic E-state index is 10.8. The predicted octanol–water partition coefficient (Wildman–Crippen LogP) is 0.392. The molecule has 0 amide bonds. The molecule has 2 rings (SSSR count). The number of H-pyrrole nitrogens is 1. The number of nitrogens with one attached hydrogen (secondary N) is 1. The van der Waals surface area contributed by atoms with Gasteiger partial charge in [-0.2, -0.15) is 13.5 Å². The topological polar surface area (TPSA) is 109 Å². The average Bonchev–Trinajstić information content (AvgIpc) is 2.50. The summed E-state index contributed by atoms with van der Waals surface area (Å²) in [5.74, 6) is 0. The van der Waals surface area contributed by atoms with E-state index in [1.54, 1.807) is 0 Å². The van der Waals surface area contributed by atoms with Gasteiger partial charge in [-0.15, -0.1) is 0 Å². The first kappa shape index (κ1) is 8.97. The molecule has 7 heteroatoms. The van der Waals surface area contributed by atoms with Crippen LogP contribution in [0.15, 0.2) is 23.2 Å². The molecule has 0 atom stereocenters. The van der Waals surface area contributed by atoms with Gasteiger partial charge in [0, 0.05) is 5.39 Å². The number of hydrogen-bond donors (Lipinski definition) is 3.